The Balaban J connectivity index is 2.39. The molecule has 0 saturated carbocycles. The minimum atomic E-state index is -4.17. The Morgan fingerprint density at radius 2 is 2.13 bits per heavy atom. The fraction of sp³-hybridized carbons (Fsp3) is 0.750. The number of rotatable bonds is 5. The van der Waals surface area contributed by atoms with E-state index in [9.17, 15) is 13.2 Å². The van der Waals surface area contributed by atoms with Crippen molar-refractivity contribution in [2.75, 3.05) is 6.61 Å². The van der Waals surface area contributed by atoms with Crippen molar-refractivity contribution in [1.82, 2.24) is 15.0 Å². The molecule has 0 bridgehead atoms. The first-order valence-electron chi connectivity index (χ1n) is 4.58. The summed E-state index contributed by atoms with van der Waals surface area (Å²) in [6.07, 6.45) is -2.53. The van der Waals surface area contributed by atoms with Gasteiger partial charge in [-0.15, -0.1) is 5.10 Å². The number of alkyl halides is 3. The highest BCUT2D eigenvalue weighted by Gasteiger charge is 2.26. The second-order valence-electron chi connectivity index (χ2n) is 3.17. The molecule has 0 aliphatic rings. The minimum Gasteiger partial charge on any atom is -0.396 e. The zero-order valence-corrected chi connectivity index (χ0v) is 8.04. The average molecular weight is 223 g/mol. The molecule has 1 aromatic heterocycles. The third kappa shape index (κ3) is 4.78. The third-order valence-electron chi connectivity index (χ3n) is 1.80. The van der Waals surface area contributed by atoms with E-state index in [0.29, 0.717) is 18.5 Å². The van der Waals surface area contributed by atoms with Gasteiger partial charge in [-0.05, 0) is 12.8 Å². The van der Waals surface area contributed by atoms with Crippen molar-refractivity contribution in [3.63, 3.8) is 0 Å². The number of nitrogens with zero attached hydrogens (tertiary/aromatic N) is 3. The van der Waals surface area contributed by atoms with Crippen LogP contribution in [0.15, 0.2) is 6.20 Å². The molecule has 15 heavy (non-hydrogen) atoms. The first-order chi connectivity index (χ1) is 7.01. The van der Waals surface area contributed by atoms with Crippen LogP contribution in [0.4, 0.5) is 13.2 Å². The maximum atomic E-state index is 11.9. The van der Waals surface area contributed by atoms with E-state index < -0.39 is 12.6 Å². The molecule has 0 unspecified atom stereocenters. The lowest BCUT2D eigenvalue weighted by atomic mass is 10.3. The number of aliphatic hydroxyl groups excluding tert-OH is 1. The first kappa shape index (κ1) is 12.0. The van der Waals surface area contributed by atoms with Crippen LogP contribution in [0.2, 0.25) is 0 Å². The van der Waals surface area contributed by atoms with Crippen LogP contribution in [0.5, 0.6) is 0 Å². The summed E-state index contributed by atoms with van der Waals surface area (Å²) in [5.74, 6) is 0. The quantitative estimate of drug-likeness (QED) is 0.814. The molecule has 1 rings (SSSR count). The SMILES string of the molecule is OCCCc1cn(CCC(F)(F)F)nn1. The molecular formula is C8H12F3N3O. The fourth-order valence-electron chi connectivity index (χ4n) is 1.06. The normalized spacial score (nSPS) is 12.0. The topological polar surface area (TPSA) is 50.9 Å². The molecule has 0 aliphatic heterocycles. The first-order valence-corrected chi connectivity index (χ1v) is 4.58. The van der Waals surface area contributed by atoms with Crippen molar-refractivity contribution in [1.29, 1.82) is 0 Å². The molecule has 7 heteroatoms. The van der Waals surface area contributed by atoms with Crippen molar-refractivity contribution < 1.29 is 18.3 Å². The molecule has 0 amide bonds. The molecule has 1 N–H and O–H groups in total. The standard InChI is InChI=1S/C8H12F3N3O/c9-8(10,11)3-4-14-6-7(12-13-14)2-1-5-15/h6,15H,1-5H2. The highest BCUT2D eigenvalue weighted by molar-refractivity contribution is 4.92. The van der Waals surface area contributed by atoms with Crippen molar-refractivity contribution >= 4 is 0 Å². The Morgan fingerprint density at radius 1 is 1.40 bits per heavy atom. The van der Waals surface area contributed by atoms with Crippen molar-refractivity contribution in [2.24, 2.45) is 0 Å². The predicted octanol–water partition coefficient (Wildman–Crippen LogP) is 1.16. The average Bonchev–Trinajstić information content (AvgIpc) is 2.58. The van der Waals surface area contributed by atoms with Gasteiger partial charge in [0, 0.05) is 12.8 Å². The Labute approximate surface area is 84.7 Å². The predicted molar refractivity (Wildman–Crippen MR) is 46.1 cm³/mol. The van der Waals surface area contributed by atoms with E-state index in [0.717, 1.165) is 0 Å². The Bertz CT molecular complexity index is 298. The Hall–Kier alpha value is -1.11. The van der Waals surface area contributed by atoms with Crippen molar-refractivity contribution in [3.8, 4) is 0 Å². The zero-order chi connectivity index (χ0) is 11.3. The van der Waals surface area contributed by atoms with Gasteiger partial charge in [-0.3, -0.25) is 4.68 Å². The molecular weight excluding hydrogens is 211 g/mol. The Morgan fingerprint density at radius 3 is 2.73 bits per heavy atom. The zero-order valence-electron chi connectivity index (χ0n) is 8.04. The summed E-state index contributed by atoms with van der Waals surface area (Å²) in [5.41, 5.74) is 0.603. The lowest BCUT2D eigenvalue weighted by Gasteiger charge is -2.04. The number of aryl methyl sites for hydroxylation is 2. The van der Waals surface area contributed by atoms with E-state index in [2.05, 4.69) is 10.3 Å². The van der Waals surface area contributed by atoms with Crippen LogP contribution in [0.3, 0.4) is 0 Å². The van der Waals surface area contributed by atoms with E-state index in [4.69, 9.17) is 5.11 Å². The Kier molecular flexibility index (Phi) is 4.07. The molecule has 0 aromatic carbocycles. The highest BCUT2D eigenvalue weighted by Crippen LogP contribution is 2.19. The second-order valence-corrected chi connectivity index (χ2v) is 3.17. The molecule has 86 valence electrons. The van der Waals surface area contributed by atoms with Gasteiger partial charge in [-0.1, -0.05) is 5.21 Å². The summed E-state index contributed by atoms with van der Waals surface area (Å²) in [6, 6.07) is 0. The summed E-state index contributed by atoms with van der Waals surface area (Å²) in [7, 11) is 0. The maximum absolute atomic E-state index is 11.9. The molecule has 1 aromatic rings. The number of halogens is 3. The summed E-state index contributed by atoms with van der Waals surface area (Å²) >= 11 is 0. The van der Waals surface area contributed by atoms with Crippen molar-refractivity contribution in [2.45, 2.75) is 32.0 Å². The van der Waals surface area contributed by atoms with Gasteiger partial charge in [-0.25, -0.2) is 0 Å². The lowest BCUT2D eigenvalue weighted by molar-refractivity contribution is -0.137. The van der Waals surface area contributed by atoms with Gasteiger partial charge >= 0.3 is 6.18 Å². The van der Waals surface area contributed by atoms with Crippen LogP contribution in [0.25, 0.3) is 0 Å². The molecule has 0 radical (unpaired) electrons. The van der Waals surface area contributed by atoms with E-state index in [1.54, 1.807) is 0 Å². The van der Waals surface area contributed by atoms with Gasteiger partial charge < -0.3 is 5.11 Å². The minimum absolute atomic E-state index is 0.0371. The van der Waals surface area contributed by atoms with Crippen LogP contribution in [0.1, 0.15) is 18.5 Å². The van der Waals surface area contributed by atoms with Gasteiger partial charge in [0.05, 0.1) is 18.7 Å². The van der Waals surface area contributed by atoms with Gasteiger partial charge in [-0.2, -0.15) is 13.2 Å². The van der Waals surface area contributed by atoms with Crippen LogP contribution >= 0.6 is 0 Å². The van der Waals surface area contributed by atoms with E-state index in [-0.39, 0.29) is 13.2 Å². The number of aliphatic hydroxyl groups is 1. The van der Waals surface area contributed by atoms with Crippen molar-refractivity contribution in [3.05, 3.63) is 11.9 Å². The lowest BCUT2D eigenvalue weighted by Crippen LogP contribution is -2.12. The number of aromatic nitrogens is 3. The van der Waals surface area contributed by atoms with E-state index in [1.165, 1.54) is 10.9 Å². The monoisotopic (exact) mass is 223 g/mol. The maximum Gasteiger partial charge on any atom is 0.390 e. The molecule has 0 fully saturated rings. The van der Waals surface area contributed by atoms with Gasteiger partial charge in [0.2, 0.25) is 0 Å². The van der Waals surface area contributed by atoms with Crippen LogP contribution < -0.4 is 0 Å². The smallest absolute Gasteiger partial charge is 0.390 e. The molecule has 0 saturated heterocycles. The third-order valence-corrected chi connectivity index (χ3v) is 1.80. The van der Waals surface area contributed by atoms with E-state index in [1.807, 2.05) is 0 Å². The summed E-state index contributed by atoms with van der Waals surface area (Å²) in [6.45, 7) is -0.176. The van der Waals surface area contributed by atoms with E-state index >= 15 is 0 Å². The second kappa shape index (κ2) is 5.11. The molecule has 4 nitrogen and oxygen atoms in total. The van der Waals surface area contributed by atoms with Gasteiger partial charge in [0.25, 0.3) is 0 Å². The number of hydrogen-bond acceptors (Lipinski definition) is 3. The van der Waals surface area contributed by atoms with Crippen LogP contribution in [-0.4, -0.2) is 32.9 Å². The molecule has 0 spiro atoms. The van der Waals surface area contributed by atoms with Crippen LogP contribution in [0, 0.1) is 0 Å². The molecule has 1 heterocycles. The summed E-state index contributed by atoms with van der Waals surface area (Å²) in [5, 5.41) is 15.8. The summed E-state index contributed by atoms with van der Waals surface area (Å²) < 4.78 is 36.7. The largest absolute Gasteiger partial charge is 0.396 e. The molecule has 0 atom stereocenters. The summed E-state index contributed by atoms with van der Waals surface area (Å²) in [4.78, 5) is 0. The number of hydrogen-bond donors (Lipinski definition) is 1. The van der Waals surface area contributed by atoms with Gasteiger partial charge in [0.1, 0.15) is 0 Å². The molecule has 0 aliphatic carbocycles. The fourth-order valence-corrected chi connectivity index (χ4v) is 1.06. The highest BCUT2D eigenvalue weighted by atomic mass is 19.4. The van der Waals surface area contributed by atoms with Crippen LogP contribution in [-0.2, 0) is 13.0 Å². The van der Waals surface area contributed by atoms with Gasteiger partial charge in [0.15, 0.2) is 0 Å².